The number of aryl methyl sites for hydroxylation is 1. The third-order valence-corrected chi connectivity index (χ3v) is 7.05. The molecule has 2 aliphatic heterocycles. The van der Waals surface area contributed by atoms with Gasteiger partial charge >= 0.3 is 11.9 Å². The van der Waals surface area contributed by atoms with Crippen LogP contribution in [-0.2, 0) is 19.1 Å². The summed E-state index contributed by atoms with van der Waals surface area (Å²) in [6, 6.07) is -0.684. The molecule has 1 N–H and O–H groups in total. The number of hydrogen-bond donors (Lipinski definition) is 1. The number of ketones is 1. The number of ether oxygens (including phenoxy) is 2. The normalized spacial score (nSPS) is 24.4. The number of carbonyl (C=O) groups is 4. The number of aromatic nitrogens is 1. The summed E-state index contributed by atoms with van der Waals surface area (Å²) >= 11 is 1.56. The summed E-state index contributed by atoms with van der Waals surface area (Å²) in [5.74, 6) is -1.12. The number of hydrogen-bond acceptors (Lipinski definition) is 7. The molecule has 1 aromatic heterocycles. The highest BCUT2D eigenvalue weighted by molar-refractivity contribution is 8.01. The van der Waals surface area contributed by atoms with Crippen molar-refractivity contribution in [1.82, 2.24) is 9.88 Å². The Labute approximate surface area is 173 Å². The van der Waals surface area contributed by atoms with Crippen LogP contribution in [0.15, 0.2) is 0 Å². The Morgan fingerprint density at radius 1 is 1.34 bits per heavy atom. The van der Waals surface area contributed by atoms with Gasteiger partial charge in [-0.15, -0.1) is 11.8 Å². The maximum absolute atomic E-state index is 12.9. The van der Waals surface area contributed by atoms with E-state index in [-0.39, 0.29) is 23.1 Å². The molecule has 0 aliphatic carbocycles. The quantitative estimate of drug-likeness (QED) is 0.554. The average molecular weight is 423 g/mol. The van der Waals surface area contributed by atoms with E-state index in [1.165, 1.54) is 6.92 Å². The van der Waals surface area contributed by atoms with Gasteiger partial charge in [-0.25, -0.2) is 9.59 Å². The molecule has 0 unspecified atom stereocenters. The highest BCUT2D eigenvalue weighted by Crippen LogP contribution is 2.47. The number of esters is 2. The van der Waals surface area contributed by atoms with Gasteiger partial charge in [0.1, 0.15) is 6.04 Å². The first-order valence-corrected chi connectivity index (χ1v) is 10.7. The molecule has 2 fully saturated rings. The number of nitrogens with zero attached hydrogens (tertiary/aromatic N) is 1. The third kappa shape index (κ3) is 3.68. The summed E-state index contributed by atoms with van der Waals surface area (Å²) in [5, 5.41) is 0. The van der Waals surface area contributed by atoms with Gasteiger partial charge in [-0.2, -0.15) is 0 Å². The van der Waals surface area contributed by atoms with E-state index in [1.807, 2.05) is 6.92 Å². The van der Waals surface area contributed by atoms with E-state index in [9.17, 15) is 19.2 Å². The molecule has 2 aliphatic rings. The Balaban J connectivity index is 1.73. The number of aromatic amines is 1. The van der Waals surface area contributed by atoms with Crippen molar-refractivity contribution in [3.8, 4) is 0 Å². The summed E-state index contributed by atoms with van der Waals surface area (Å²) in [6.07, 6.45) is 0.0648. The summed E-state index contributed by atoms with van der Waals surface area (Å²) in [4.78, 5) is 54.1. The SMILES string of the molecule is CCOC(=O)c1c(C)[nH]c(C(=O)[C@@H](C)OC(=O)[C@@H]2CS[C@@]3(C)CCC(=O)N23)c1C. The number of rotatable bonds is 6. The second kappa shape index (κ2) is 7.85. The van der Waals surface area contributed by atoms with Crippen LogP contribution >= 0.6 is 11.8 Å². The predicted molar refractivity (Wildman–Crippen MR) is 107 cm³/mol. The zero-order valence-electron chi connectivity index (χ0n) is 17.3. The lowest BCUT2D eigenvalue weighted by atomic mass is 10.1. The highest BCUT2D eigenvalue weighted by atomic mass is 32.2. The van der Waals surface area contributed by atoms with Crippen molar-refractivity contribution < 1.29 is 28.7 Å². The number of amides is 1. The maximum atomic E-state index is 12.9. The lowest BCUT2D eigenvalue weighted by Gasteiger charge is -2.29. The van der Waals surface area contributed by atoms with Crippen LogP contribution in [0.4, 0.5) is 0 Å². The van der Waals surface area contributed by atoms with Crippen LogP contribution in [0.3, 0.4) is 0 Å². The van der Waals surface area contributed by atoms with E-state index in [4.69, 9.17) is 9.47 Å². The van der Waals surface area contributed by atoms with Crippen molar-refractivity contribution in [3.63, 3.8) is 0 Å². The van der Waals surface area contributed by atoms with Crippen molar-refractivity contribution in [2.45, 2.75) is 64.5 Å². The molecule has 9 heteroatoms. The summed E-state index contributed by atoms with van der Waals surface area (Å²) in [6.45, 7) is 8.72. The van der Waals surface area contributed by atoms with E-state index in [1.54, 1.807) is 37.4 Å². The molecule has 1 amide bonds. The maximum Gasteiger partial charge on any atom is 0.340 e. The number of nitrogens with one attached hydrogen (secondary N) is 1. The van der Waals surface area contributed by atoms with E-state index >= 15 is 0 Å². The molecule has 0 spiro atoms. The molecule has 0 bridgehead atoms. The predicted octanol–water partition coefficient (Wildman–Crippen LogP) is 2.38. The first kappa shape index (κ1) is 21.4. The fourth-order valence-electron chi connectivity index (χ4n) is 4.01. The minimum Gasteiger partial charge on any atom is -0.462 e. The fraction of sp³-hybridized carbons (Fsp3) is 0.600. The van der Waals surface area contributed by atoms with Gasteiger partial charge in [-0.3, -0.25) is 9.59 Å². The number of fused-ring (bicyclic) bond motifs is 1. The molecule has 0 radical (unpaired) electrons. The smallest absolute Gasteiger partial charge is 0.340 e. The minimum atomic E-state index is -1.05. The number of thioether (sulfide) groups is 1. The van der Waals surface area contributed by atoms with Crippen LogP contribution in [-0.4, -0.2) is 62.9 Å². The van der Waals surface area contributed by atoms with Crippen molar-refractivity contribution >= 4 is 35.4 Å². The summed E-state index contributed by atoms with van der Waals surface area (Å²) in [5.41, 5.74) is 1.52. The van der Waals surface area contributed by atoms with Crippen LogP contribution in [0.5, 0.6) is 0 Å². The van der Waals surface area contributed by atoms with Crippen LogP contribution in [0.1, 0.15) is 65.7 Å². The number of Topliss-reactive ketones (excluding diaryl/α,β-unsaturated/α-hetero) is 1. The van der Waals surface area contributed by atoms with Crippen molar-refractivity contribution in [3.05, 3.63) is 22.5 Å². The minimum absolute atomic E-state index is 0.0617. The van der Waals surface area contributed by atoms with Crippen LogP contribution in [0.2, 0.25) is 0 Å². The van der Waals surface area contributed by atoms with Crippen molar-refractivity contribution in [1.29, 1.82) is 0 Å². The van der Waals surface area contributed by atoms with E-state index in [0.29, 0.717) is 35.4 Å². The molecular weight excluding hydrogens is 396 g/mol. The number of H-pyrrole nitrogens is 1. The van der Waals surface area contributed by atoms with Gasteiger partial charge in [-0.1, -0.05) is 0 Å². The average Bonchev–Trinajstić information content (AvgIpc) is 3.25. The zero-order chi connectivity index (χ0) is 21.5. The van der Waals surface area contributed by atoms with Crippen LogP contribution < -0.4 is 0 Å². The van der Waals surface area contributed by atoms with Gasteiger partial charge in [-0.05, 0) is 46.6 Å². The zero-order valence-corrected chi connectivity index (χ0v) is 18.1. The standard InChI is InChI=1S/C20H26N2O6S/c1-6-27-19(26)15-10(2)16(21-11(15)3)17(24)12(4)28-18(25)13-9-29-20(5)8-7-14(23)22(13)20/h12-13,21H,6-9H2,1-5H3/t12-,13+,20+/m1/s1. The molecule has 3 heterocycles. The first-order valence-electron chi connectivity index (χ1n) is 9.67. The van der Waals surface area contributed by atoms with Crippen molar-refractivity contribution in [2.75, 3.05) is 12.4 Å². The van der Waals surface area contributed by atoms with E-state index in [2.05, 4.69) is 4.98 Å². The van der Waals surface area contributed by atoms with Gasteiger partial charge in [0.05, 0.1) is 22.7 Å². The van der Waals surface area contributed by atoms with Crippen LogP contribution in [0, 0.1) is 13.8 Å². The summed E-state index contributed by atoms with van der Waals surface area (Å²) in [7, 11) is 0. The van der Waals surface area contributed by atoms with Gasteiger partial charge < -0.3 is 19.4 Å². The molecule has 158 valence electrons. The summed E-state index contributed by atoms with van der Waals surface area (Å²) < 4.78 is 10.5. The van der Waals surface area contributed by atoms with Crippen molar-refractivity contribution in [2.24, 2.45) is 0 Å². The third-order valence-electron chi connectivity index (χ3n) is 5.54. The molecule has 0 saturated carbocycles. The fourth-order valence-corrected chi connectivity index (χ4v) is 5.43. The molecular formula is C20H26N2O6S. The van der Waals surface area contributed by atoms with E-state index < -0.39 is 29.9 Å². The monoisotopic (exact) mass is 422 g/mol. The molecule has 8 nitrogen and oxygen atoms in total. The Kier molecular flexibility index (Phi) is 5.80. The van der Waals surface area contributed by atoms with Crippen LogP contribution in [0.25, 0.3) is 0 Å². The molecule has 3 rings (SSSR count). The van der Waals surface area contributed by atoms with Gasteiger partial charge in [0.15, 0.2) is 6.10 Å². The first-order chi connectivity index (χ1) is 13.6. The second-order valence-electron chi connectivity index (χ2n) is 7.55. The molecule has 1 aromatic rings. The highest BCUT2D eigenvalue weighted by Gasteiger charge is 2.53. The number of carbonyl (C=O) groups excluding carboxylic acids is 4. The molecule has 2 saturated heterocycles. The van der Waals surface area contributed by atoms with Gasteiger partial charge in [0, 0.05) is 17.9 Å². The molecule has 29 heavy (non-hydrogen) atoms. The molecule has 0 aromatic carbocycles. The molecule has 3 atom stereocenters. The largest absolute Gasteiger partial charge is 0.462 e. The Morgan fingerprint density at radius 2 is 2.03 bits per heavy atom. The van der Waals surface area contributed by atoms with Gasteiger partial charge in [0.2, 0.25) is 11.7 Å². The Hall–Kier alpha value is -2.29. The Bertz CT molecular complexity index is 879. The second-order valence-corrected chi connectivity index (χ2v) is 9.06. The topological polar surface area (TPSA) is 106 Å². The lowest BCUT2D eigenvalue weighted by Crippen LogP contribution is -2.47. The van der Waals surface area contributed by atoms with Gasteiger partial charge in [0.25, 0.3) is 0 Å². The van der Waals surface area contributed by atoms with E-state index in [0.717, 1.165) is 0 Å². The Morgan fingerprint density at radius 3 is 2.69 bits per heavy atom. The lowest BCUT2D eigenvalue weighted by molar-refractivity contribution is -0.155.